The number of ether oxygens (including phenoxy) is 5. The molecular weight excluding hydrogens is 524 g/mol. The second kappa shape index (κ2) is 14.1. The fraction of sp³-hybridized carbons (Fsp3) is 0.312. The van der Waals surface area contributed by atoms with Gasteiger partial charge < -0.3 is 33.9 Å². The number of hydrogen-bond donors (Lipinski definition) is 1. The summed E-state index contributed by atoms with van der Waals surface area (Å²) >= 11 is 0. The SMILES string of the molecule is COc1cc(/C=C/c2ccc(OCCN3CCCCC3=O)cc2)c(C(=O)Nc2ccc(OC)c(OC)c2)c(OC)c1. The smallest absolute Gasteiger partial charge is 0.260 e. The minimum absolute atomic E-state index is 0.200. The number of nitrogens with one attached hydrogen (secondary N) is 1. The van der Waals surface area contributed by atoms with Crippen molar-refractivity contribution in [2.24, 2.45) is 0 Å². The maximum atomic E-state index is 13.5. The number of carbonyl (C=O) groups is 2. The van der Waals surface area contributed by atoms with Gasteiger partial charge in [0.1, 0.15) is 23.9 Å². The van der Waals surface area contributed by atoms with Gasteiger partial charge in [0.15, 0.2) is 11.5 Å². The first-order valence-corrected chi connectivity index (χ1v) is 13.4. The average Bonchev–Trinajstić information content (AvgIpc) is 3.00. The normalized spacial score (nSPS) is 13.2. The van der Waals surface area contributed by atoms with Crippen molar-refractivity contribution in [1.82, 2.24) is 4.90 Å². The third-order valence-corrected chi connectivity index (χ3v) is 6.82. The van der Waals surface area contributed by atoms with Crippen LogP contribution in [0.25, 0.3) is 12.2 Å². The molecule has 3 aromatic rings. The third-order valence-electron chi connectivity index (χ3n) is 6.82. The van der Waals surface area contributed by atoms with Crippen LogP contribution in [0.1, 0.15) is 40.7 Å². The van der Waals surface area contributed by atoms with Crippen LogP contribution < -0.4 is 29.0 Å². The first-order chi connectivity index (χ1) is 19.9. The van der Waals surface area contributed by atoms with Gasteiger partial charge in [-0.3, -0.25) is 9.59 Å². The van der Waals surface area contributed by atoms with Crippen LogP contribution in [0.2, 0.25) is 0 Å². The van der Waals surface area contributed by atoms with Gasteiger partial charge >= 0.3 is 0 Å². The van der Waals surface area contributed by atoms with Crippen molar-refractivity contribution in [2.75, 3.05) is 53.5 Å². The number of carbonyl (C=O) groups excluding carboxylic acids is 2. The molecule has 0 aliphatic carbocycles. The molecule has 0 aromatic heterocycles. The molecule has 0 saturated carbocycles. The van der Waals surface area contributed by atoms with Crippen LogP contribution in [0, 0.1) is 0 Å². The molecule has 0 spiro atoms. The molecule has 1 fully saturated rings. The van der Waals surface area contributed by atoms with Gasteiger partial charge in [-0.25, -0.2) is 0 Å². The lowest BCUT2D eigenvalue weighted by Crippen LogP contribution is -2.38. The van der Waals surface area contributed by atoms with Crippen LogP contribution in [-0.4, -0.2) is 64.8 Å². The van der Waals surface area contributed by atoms with Gasteiger partial charge in [-0.1, -0.05) is 24.3 Å². The lowest BCUT2D eigenvalue weighted by Gasteiger charge is -2.26. The number of methoxy groups -OCH3 is 4. The summed E-state index contributed by atoms with van der Waals surface area (Å²) in [6, 6.07) is 16.2. The summed E-state index contributed by atoms with van der Waals surface area (Å²) in [6.07, 6.45) is 6.38. The van der Waals surface area contributed by atoms with Crippen LogP contribution >= 0.6 is 0 Å². The maximum absolute atomic E-state index is 13.5. The topological polar surface area (TPSA) is 95.6 Å². The van der Waals surface area contributed by atoms with E-state index >= 15 is 0 Å². The van der Waals surface area contributed by atoms with E-state index in [1.165, 1.54) is 14.2 Å². The summed E-state index contributed by atoms with van der Waals surface area (Å²) in [5.41, 5.74) is 2.43. The number of rotatable bonds is 12. The lowest BCUT2D eigenvalue weighted by molar-refractivity contribution is -0.133. The molecule has 0 unspecified atom stereocenters. The molecule has 41 heavy (non-hydrogen) atoms. The summed E-state index contributed by atoms with van der Waals surface area (Å²) < 4.78 is 27.5. The van der Waals surface area contributed by atoms with Gasteiger partial charge in [0.25, 0.3) is 5.91 Å². The molecule has 1 saturated heterocycles. The Hall–Kier alpha value is -4.66. The number of piperidine rings is 1. The van der Waals surface area contributed by atoms with Gasteiger partial charge in [0, 0.05) is 30.8 Å². The molecule has 3 aromatic carbocycles. The summed E-state index contributed by atoms with van der Waals surface area (Å²) in [6.45, 7) is 1.84. The zero-order valence-electron chi connectivity index (χ0n) is 23.9. The second-order valence-electron chi connectivity index (χ2n) is 9.41. The van der Waals surface area contributed by atoms with Crippen molar-refractivity contribution in [2.45, 2.75) is 19.3 Å². The molecular formula is C32H36N2O7. The fourth-order valence-electron chi connectivity index (χ4n) is 4.60. The highest BCUT2D eigenvalue weighted by Gasteiger charge is 2.20. The van der Waals surface area contributed by atoms with Crippen molar-refractivity contribution in [3.63, 3.8) is 0 Å². The van der Waals surface area contributed by atoms with Crippen molar-refractivity contribution >= 4 is 29.7 Å². The van der Waals surface area contributed by atoms with Crippen LogP contribution in [0.15, 0.2) is 54.6 Å². The molecule has 1 heterocycles. The predicted molar refractivity (Wildman–Crippen MR) is 158 cm³/mol. The Balaban J connectivity index is 1.49. The Morgan fingerprint density at radius 1 is 0.829 bits per heavy atom. The molecule has 216 valence electrons. The fourth-order valence-corrected chi connectivity index (χ4v) is 4.60. The van der Waals surface area contributed by atoms with Crippen molar-refractivity contribution in [3.8, 4) is 28.7 Å². The summed E-state index contributed by atoms with van der Waals surface area (Å²) in [5.74, 6) is 2.56. The third kappa shape index (κ3) is 7.51. The van der Waals surface area contributed by atoms with E-state index in [-0.39, 0.29) is 11.8 Å². The first kappa shape index (κ1) is 29.3. The second-order valence-corrected chi connectivity index (χ2v) is 9.41. The maximum Gasteiger partial charge on any atom is 0.260 e. The van der Waals surface area contributed by atoms with Crippen LogP contribution in [-0.2, 0) is 4.79 Å². The van der Waals surface area contributed by atoms with Crippen molar-refractivity contribution < 1.29 is 33.3 Å². The minimum atomic E-state index is -0.354. The number of amides is 2. The zero-order chi connectivity index (χ0) is 29.2. The predicted octanol–water partition coefficient (Wildman–Crippen LogP) is 5.54. The van der Waals surface area contributed by atoms with E-state index in [9.17, 15) is 9.59 Å². The van der Waals surface area contributed by atoms with E-state index in [0.717, 1.165) is 30.7 Å². The molecule has 0 atom stereocenters. The van der Waals surface area contributed by atoms with Gasteiger partial charge in [0.2, 0.25) is 5.91 Å². The number of benzene rings is 3. The number of anilines is 1. The quantitative estimate of drug-likeness (QED) is 0.291. The van der Waals surface area contributed by atoms with Gasteiger partial charge in [-0.2, -0.15) is 0 Å². The van der Waals surface area contributed by atoms with Crippen LogP contribution in [0.4, 0.5) is 5.69 Å². The Morgan fingerprint density at radius 3 is 2.27 bits per heavy atom. The van der Waals surface area contributed by atoms with Gasteiger partial charge in [-0.15, -0.1) is 0 Å². The molecule has 2 amide bonds. The Morgan fingerprint density at radius 2 is 1.59 bits per heavy atom. The van der Waals surface area contributed by atoms with E-state index in [4.69, 9.17) is 23.7 Å². The highest BCUT2D eigenvalue weighted by molar-refractivity contribution is 6.09. The minimum Gasteiger partial charge on any atom is -0.497 e. The number of nitrogens with zero attached hydrogens (tertiary/aromatic N) is 1. The summed E-state index contributed by atoms with van der Waals surface area (Å²) in [5, 5.41) is 2.92. The van der Waals surface area contributed by atoms with E-state index in [1.54, 1.807) is 44.6 Å². The molecule has 4 rings (SSSR count). The number of hydrogen-bond acceptors (Lipinski definition) is 7. The molecule has 1 aliphatic heterocycles. The molecule has 9 heteroatoms. The average molecular weight is 561 g/mol. The van der Waals surface area contributed by atoms with Gasteiger partial charge in [-0.05, 0) is 54.3 Å². The Labute approximate surface area is 240 Å². The molecule has 1 aliphatic rings. The highest BCUT2D eigenvalue weighted by Crippen LogP contribution is 2.33. The number of likely N-dealkylation sites (tertiary alicyclic amines) is 1. The first-order valence-electron chi connectivity index (χ1n) is 13.4. The molecule has 1 N–H and O–H groups in total. The van der Waals surface area contributed by atoms with E-state index in [0.29, 0.717) is 59.4 Å². The van der Waals surface area contributed by atoms with Crippen LogP contribution in [0.5, 0.6) is 28.7 Å². The van der Waals surface area contributed by atoms with E-state index in [1.807, 2.05) is 41.3 Å². The highest BCUT2D eigenvalue weighted by atomic mass is 16.5. The Kier molecular flexibility index (Phi) is 10.1. The summed E-state index contributed by atoms with van der Waals surface area (Å²) in [4.78, 5) is 27.3. The molecule has 0 bridgehead atoms. The molecule has 0 radical (unpaired) electrons. The lowest BCUT2D eigenvalue weighted by atomic mass is 10.0. The summed E-state index contributed by atoms with van der Waals surface area (Å²) in [7, 11) is 6.16. The Bertz CT molecular complexity index is 1390. The zero-order valence-corrected chi connectivity index (χ0v) is 23.9. The van der Waals surface area contributed by atoms with E-state index < -0.39 is 0 Å². The van der Waals surface area contributed by atoms with Crippen LogP contribution in [0.3, 0.4) is 0 Å². The van der Waals surface area contributed by atoms with Gasteiger partial charge in [0.05, 0.1) is 40.5 Å². The van der Waals surface area contributed by atoms with Crippen molar-refractivity contribution in [1.29, 1.82) is 0 Å². The van der Waals surface area contributed by atoms with Crippen molar-refractivity contribution in [3.05, 3.63) is 71.3 Å². The standard InChI is InChI=1S/C32H36N2O7/c1-37-26-19-23(11-8-22-9-13-25(14-10-22)41-18-17-34-16-6-5-7-30(34)35)31(29(21-26)40-4)32(36)33-24-12-15-27(38-2)28(20-24)39-3/h8-15,19-21H,5-7,16-18H2,1-4H3,(H,33,36)/b11-8+. The van der Waals surface area contributed by atoms with E-state index in [2.05, 4.69) is 5.32 Å². The monoisotopic (exact) mass is 560 g/mol. The molecule has 9 nitrogen and oxygen atoms in total. The largest absolute Gasteiger partial charge is 0.497 e.